The lowest BCUT2D eigenvalue weighted by atomic mass is 10.2. The average molecular weight is 243 g/mol. The zero-order valence-electron chi connectivity index (χ0n) is 11.1. The van der Waals surface area contributed by atoms with Gasteiger partial charge in [0, 0.05) is 13.1 Å². The summed E-state index contributed by atoms with van der Waals surface area (Å²) in [4.78, 5) is 22.7. The molecule has 0 saturated carbocycles. The van der Waals surface area contributed by atoms with E-state index in [0.717, 1.165) is 19.3 Å². The summed E-state index contributed by atoms with van der Waals surface area (Å²) >= 11 is 0. The van der Waals surface area contributed by atoms with Gasteiger partial charge < -0.3 is 10.6 Å². The molecule has 5 nitrogen and oxygen atoms in total. The largest absolute Gasteiger partial charge is 0.355 e. The molecule has 1 unspecified atom stereocenters. The summed E-state index contributed by atoms with van der Waals surface area (Å²) in [5, 5.41) is 8.39. The van der Waals surface area contributed by atoms with Gasteiger partial charge in [-0.3, -0.25) is 14.9 Å². The molecule has 0 saturated heterocycles. The topological polar surface area (TPSA) is 70.2 Å². The Morgan fingerprint density at radius 2 is 1.82 bits per heavy atom. The van der Waals surface area contributed by atoms with E-state index in [1.807, 2.05) is 6.92 Å². The van der Waals surface area contributed by atoms with Crippen LogP contribution in [-0.2, 0) is 9.59 Å². The molecule has 0 heterocycles. The molecule has 0 aromatic rings. The molecule has 0 rings (SSSR count). The fraction of sp³-hybridized carbons (Fsp3) is 0.833. The maximum absolute atomic E-state index is 11.6. The molecule has 0 aromatic heterocycles. The van der Waals surface area contributed by atoms with Crippen molar-refractivity contribution in [1.82, 2.24) is 16.0 Å². The van der Waals surface area contributed by atoms with Crippen molar-refractivity contribution in [3.05, 3.63) is 0 Å². The molecular weight excluding hydrogens is 218 g/mol. The minimum Gasteiger partial charge on any atom is -0.355 e. The molecule has 5 heteroatoms. The van der Waals surface area contributed by atoms with E-state index in [1.54, 1.807) is 6.92 Å². The van der Waals surface area contributed by atoms with Gasteiger partial charge in [-0.05, 0) is 20.3 Å². The van der Waals surface area contributed by atoms with E-state index in [-0.39, 0.29) is 24.4 Å². The van der Waals surface area contributed by atoms with E-state index in [2.05, 4.69) is 22.9 Å². The van der Waals surface area contributed by atoms with E-state index in [0.29, 0.717) is 13.1 Å². The molecule has 2 amide bonds. The Balaban J connectivity index is 3.63. The first-order valence-corrected chi connectivity index (χ1v) is 6.39. The summed E-state index contributed by atoms with van der Waals surface area (Å²) in [6.45, 7) is 7.24. The van der Waals surface area contributed by atoms with Gasteiger partial charge in [0.25, 0.3) is 0 Å². The number of carbonyl (C=O) groups is 2. The number of unbranched alkanes of at least 4 members (excludes halogenated alkanes) is 2. The van der Waals surface area contributed by atoms with E-state index < -0.39 is 0 Å². The molecule has 0 spiro atoms. The van der Waals surface area contributed by atoms with E-state index >= 15 is 0 Å². The SMILES string of the molecule is CCCCCNC(=O)C(C)NCC(=O)NCC. The lowest BCUT2D eigenvalue weighted by Crippen LogP contribution is -2.46. The predicted molar refractivity (Wildman–Crippen MR) is 68.7 cm³/mol. The number of hydrogen-bond acceptors (Lipinski definition) is 3. The Bertz CT molecular complexity index is 232. The summed E-state index contributed by atoms with van der Waals surface area (Å²) in [6.07, 6.45) is 3.27. The molecule has 0 aliphatic heterocycles. The summed E-state index contributed by atoms with van der Waals surface area (Å²) in [6, 6.07) is -0.334. The number of rotatable bonds is 9. The molecule has 0 fully saturated rings. The van der Waals surface area contributed by atoms with Gasteiger partial charge in [0.15, 0.2) is 0 Å². The van der Waals surface area contributed by atoms with Crippen LogP contribution in [-0.4, -0.2) is 37.5 Å². The van der Waals surface area contributed by atoms with Crippen LogP contribution in [0.15, 0.2) is 0 Å². The Labute approximate surface area is 104 Å². The Kier molecular flexibility index (Phi) is 9.43. The second-order valence-corrected chi connectivity index (χ2v) is 4.05. The molecule has 0 aliphatic carbocycles. The Hall–Kier alpha value is -1.10. The zero-order chi connectivity index (χ0) is 13.1. The molecule has 0 bridgehead atoms. The highest BCUT2D eigenvalue weighted by Crippen LogP contribution is 1.91. The lowest BCUT2D eigenvalue weighted by Gasteiger charge is -2.13. The molecule has 0 aliphatic rings. The molecular formula is C12H25N3O2. The van der Waals surface area contributed by atoms with Gasteiger partial charge in [-0.2, -0.15) is 0 Å². The van der Waals surface area contributed by atoms with Crippen LogP contribution in [0.4, 0.5) is 0 Å². The van der Waals surface area contributed by atoms with Gasteiger partial charge in [0.2, 0.25) is 11.8 Å². The van der Waals surface area contributed by atoms with Crippen molar-refractivity contribution < 1.29 is 9.59 Å². The van der Waals surface area contributed by atoms with Crippen molar-refractivity contribution in [3.8, 4) is 0 Å². The molecule has 100 valence electrons. The maximum atomic E-state index is 11.6. The second kappa shape index (κ2) is 10.1. The fourth-order valence-electron chi connectivity index (χ4n) is 1.34. The number of likely N-dealkylation sites (N-methyl/N-ethyl adjacent to an activating group) is 1. The van der Waals surface area contributed by atoms with Crippen molar-refractivity contribution >= 4 is 11.8 Å². The van der Waals surface area contributed by atoms with Crippen LogP contribution < -0.4 is 16.0 Å². The summed E-state index contributed by atoms with van der Waals surface area (Å²) in [5.41, 5.74) is 0. The molecule has 0 radical (unpaired) electrons. The first kappa shape index (κ1) is 15.9. The maximum Gasteiger partial charge on any atom is 0.236 e. The number of hydrogen-bond donors (Lipinski definition) is 3. The highest BCUT2D eigenvalue weighted by molar-refractivity contribution is 5.83. The Morgan fingerprint density at radius 1 is 1.12 bits per heavy atom. The van der Waals surface area contributed by atoms with Crippen molar-refractivity contribution in [2.24, 2.45) is 0 Å². The number of amides is 2. The highest BCUT2D eigenvalue weighted by atomic mass is 16.2. The third kappa shape index (κ3) is 8.68. The molecule has 17 heavy (non-hydrogen) atoms. The lowest BCUT2D eigenvalue weighted by molar-refractivity contribution is -0.123. The normalized spacial score (nSPS) is 11.9. The minimum atomic E-state index is -0.334. The van der Waals surface area contributed by atoms with Crippen LogP contribution in [0.2, 0.25) is 0 Å². The van der Waals surface area contributed by atoms with E-state index in [4.69, 9.17) is 0 Å². The van der Waals surface area contributed by atoms with Crippen LogP contribution in [0, 0.1) is 0 Å². The summed E-state index contributed by atoms with van der Waals surface area (Å²) < 4.78 is 0. The van der Waals surface area contributed by atoms with Gasteiger partial charge in [-0.25, -0.2) is 0 Å². The van der Waals surface area contributed by atoms with Crippen LogP contribution in [0.25, 0.3) is 0 Å². The monoisotopic (exact) mass is 243 g/mol. The van der Waals surface area contributed by atoms with Crippen molar-refractivity contribution in [3.63, 3.8) is 0 Å². The van der Waals surface area contributed by atoms with Crippen LogP contribution in [0.3, 0.4) is 0 Å². The highest BCUT2D eigenvalue weighted by Gasteiger charge is 2.12. The van der Waals surface area contributed by atoms with Crippen molar-refractivity contribution in [1.29, 1.82) is 0 Å². The molecule has 0 aromatic carbocycles. The smallest absolute Gasteiger partial charge is 0.236 e. The number of nitrogens with one attached hydrogen (secondary N) is 3. The molecule has 3 N–H and O–H groups in total. The number of carbonyl (C=O) groups excluding carboxylic acids is 2. The zero-order valence-corrected chi connectivity index (χ0v) is 11.1. The van der Waals surface area contributed by atoms with Crippen molar-refractivity contribution in [2.45, 2.75) is 46.1 Å². The van der Waals surface area contributed by atoms with Gasteiger partial charge in [-0.1, -0.05) is 19.8 Å². The summed E-state index contributed by atoms with van der Waals surface area (Å²) in [7, 11) is 0. The first-order chi connectivity index (χ1) is 8.11. The quantitative estimate of drug-likeness (QED) is 0.514. The van der Waals surface area contributed by atoms with Gasteiger partial charge in [0.05, 0.1) is 12.6 Å². The van der Waals surface area contributed by atoms with Crippen molar-refractivity contribution in [2.75, 3.05) is 19.6 Å². The minimum absolute atomic E-state index is 0.0506. The summed E-state index contributed by atoms with van der Waals surface area (Å²) in [5.74, 6) is -0.136. The fourth-order valence-corrected chi connectivity index (χ4v) is 1.34. The van der Waals surface area contributed by atoms with Gasteiger partial charge >= 0.3 is 0 Å². The molecule has 1 atom stereocenters. The predicted octanol–water partition coefficient (Wildman–Crippen LogP) is 0.407. The van der Waals surface area contributed by atoms with Crippen LogP contribution in [0.1, 0.15) is 40.0 Å². The third-order valence-corrected chi connectivity index (χ3v) is 2.42. The Morgan fingerprint density at radius 3 is 2.41 bits per heavy atom. The second-order valence-electron chi connectivity index (χ2n) is 4.05. The van der Waals surface area contributed by atoms with E-state index in [9.17, 15) is 9.59 Å². The average Bonchev–Trinajstić information content (AvgIpc) is 2.31. The van der Waals surface area contributed by atoms with Gasteiger partial charge in [-0.15, -0.1) is 0 Å². The van der Waals surface area contributed by atoms with Gasteiger partial charge in [0.1, 0.15) is 0 Å². The third-order valence-electron chi connectivity index (χ3n) is 2.42. The van der Waals surface area contributed by atoms with Crippen LogP contribution in [0.5, 0.6) is 0 Å². The standard InChI is InChI=1S/C12H25N3O2/c1-4-6-7-8-14-12(17)10(3)15-9-11(16)13-5-2/h10,15H,4-9H2,1-3H3,(H,13,16)(H,14,17). The van der Waals surface area contributed by atoms with Crippen LogP contribution >= 0.6 is 0 Å². The first-order valence-electron chi connectivity index (χ1n) is 6.39. The van der Waals surface area contributed by atoms with E-state index in [1.165, 1.54) is 0 Å².